The van der Waals surface area contributed by atoms with Crippen LogP contribution in [0.1, 0.15) is 30.2 Å². The monoisotopic (exact) mass is 416 g/mol. The minimum atomic E-state index is -0.437. The van der Waals surface area contributed by atoms with E-state index in [1.807, 2.05) is 19.1 Å². The fraction of sp³-hybridized carbons (Fsp3) is 0.286. The number of hydrogen-bond acceptors (Lipinski definition) is 5. The van der Waals surface area contributed by atoms with Crippen LogP contribution in [-0.4, -0.2) is 34.3 Å². The van der Waals surface area contributed by atoms with Crippen LogP contribution >= 0.6 is 23.4 Å². The fourth-order valence-corrected chi connectivity index (χ4v) is 4.28. The van der Waals surface area contributed by atoms with Crippen LogP contribution in [0.2, 0.25) is 5.02 Å². The maximum atomic E-state index is 13.1. The van der Waals surface area contributed by atoms with Crippen molar-refractivity contribution in [3.8, 4) is 0 Å². The van der Waals surface area contributed by atoms with Crippen molar-refractivity contribution in [2.45, 2.75) is 30.3 Å². The lowest BCUT2D eigenvalue weighted by Gasteiger charge is -2.20. The first-order valence-corrected chi connectivity index (χ1v) is 10.1. The molecule has 0 amide bonds. The second-order valence-corrected chi connectivity index (χ2v) is 8.27. The van der Waals surface area contributed by atoms with Crippen molar-refractivity contribution < 1.29 is 9.53 Å². The molecule has 28 heavy (non-hydrogen) atoms. The van der Waals surface area contributed by atoms with Crippen LogP contribution in [0.3, 0.4) is 0 Å². The number of aromatic nitrogens is 2. The van der Waals surface area contributed by atoms with Crippen molar-refractivity contribution in [3.05, 3.63) is 69.5 Å². The highest BCUT2D eigenvalue weighted by molar-refractivity contribution is 8.00. The number of carbonyl (C=O) groups excluding carboxylic acids is 1. The van der Waals surface area contributed by atoms with Gasteiger partial charge in [0.1, 0.15) is 0 Å². The minimum Gasteiger partial charge on any atom is -0.383 e. The first-order valence-electron chi connectivity index (χ1n) is 8.89. The highest BCUT2D eigenvalue weighted by atomic mass is 35.5. The molecule has 0 spiro atoms. The van der Waals surface area contributed by atoms with E-state index in [-0.39, 0.29) is 17.4 Å². The van der Waals surface area contributed by atoms with Gasteiger partial charge in [-0.2, -0.15) is 0 Å². The molecule has 1 heterocycles. The van der Waals surface area contributed by atoms with Crippen LogP contribution < -0.4 is 5.56 Å². The van der Waals surface area contributed by atoms with E-state index in [4.69, 9.17) is 16.3 Å². The summed E-state index contributed by atoms with van der Waals surface area (Å²) in [6.07, 6.45) is 0. The molecule has 0 unspecified atom stereocenters. The van der Waals surface area contributed by atoms with Crippen molar-refractivity contribution in [1.29, 1.82) is 0 Å². The third-order valence-corrected chi connectivity index (χ3v) is 5.69. The van der Waals surface area contributed by atoms with E-state index in [1.54, 1.807) is 55.0 Å². The number of Topliss-reactive ketones (excluding diaryl/α,β-unsaturated/α-hetero) is 1. The van der Waals surface area contributed by atoms with E-state index >= 15 is 0 Å². The Labute approximate surface area is 172 Å². The Morgan fingerprint density at radius 1 is 1.21 bits per heavy atom. The van der Waals surface area contributed by atoms with Gasteiger partial charge in [0.2, 0.25) is 0 Å². The molecule has 3 rings (SSSR count). The van der Waals surface area contributed by atoms with Crippen LogP contribution in [0, 0.1) is 0 Å². The van der Waals surface area contributed by atoms with Gasteiger partial charge in [0.25, 0.3) is 5.56 Å². The van der Waals surface area contributed by atoms with Crippen LogP contribution in [0.15, 0.2) is 58.5 Å². The molecule has 0 aliphatic carbocycles. The Bertz CT molecular complexity index is 1070. The molecule has 0 N–H and O–H groups in total. The average Bonchev–Trinajstić information content (AvgIpc) is 2.67. The number of carbonyl (C=O) groups is 1. The standard InChI is InChI=1S/C21H21ClN2O3S/c1-13(12-27-3)24-20(26)17-9-4-5-10-18(17)23-21(24)28-14(2)19(25)15-7-6-8-16(22)11-15/h4-11,13-14H,12H2,1-3H3/t13-,14+/m1/s1. The molecule has 0 aliphatic rings. The van der Waals surface area contributed by atoms with Crippen molar-refractivity contribution in [1.82, 2.24) is 9.55 Å². The van der Waals surface area contributed by atoms with Crippen LogP contribution in [0.5, 0.6) is 0 Å². The summed E-state index contributed by atoms with van der Waals surface area (Å²) in [5.41, 5.74) is 1.01. The lowest BCUT2D eigenvalue weighted by molar-refractivity contribution is 0.0993. The molecule has 3 aromatic rings. The minimum absolute atomic E-state index is 0.0687. The number of thioether (sulfide) groups is 1. The van der Waals surface area contributed by atoms with Crippen molar-refractivity contribution in [3.63, 3.8) is 0 Å². The molecule has 0 radical (unpaired) electrons. The van der Waals surface area contributed by atoms with Gasteiger partial charge in [0.15, 0.2) is 10.9 Å². The molecular weight excluding hydrogens is 396 g/mol. The highest BCUT2D eigenvalue weighted by Crippen LogP contribution is 2.27. The lowest BCUT2D eigenvalue weighted by atomic mass is 10.1. The molecule has 0 aliphatic heterocycles. The summed E-state index contributed by atoms with van der Waals surface area (Å²) in [6.45, 7) is 4.07. The number of methoxy groups -OCH3 is 1. The van der Waals surface area contributed by atoms with E-state index in [2.05, 4.69) is 4.98 Å². The van der Waals surface area contributed by atoms with Gasteiger partial charge in [-0.25, -0.2) is 4.98 Å². The van der Waals surface area contributed by atoms with Crippen LogP contribution in [0.4, 0.5) is 0 Å². The summed E-state index contributed by atoms with van der Waals surface area (Å²) in [7, 11) is 1.59. The number of rotatable bonds is 7. The summed E-state index contributed by atoms with van der Waals surface area (Å²) < 4.78 is 6.85. The molecule has 0 fully saturated rings. The second kappa shape index (κ2) is 8.90. The van der Waals surface area contributed by atoms with Gasteiger partial charge in [-0.3, -0.25) is 14.2 Å². The number of hydrogen-bond donors (Lipinski definition) is 0. The van der Waals surface area contributed by atoms with Crippen LogP contribution in [-0.2, 0) is 4.74 Å². The average molecular weight is 417 g/mol. The summed E-state index contributed by atoms with van der Waals surface area (Å²) >= 11 is 7.28. The van der Waals surface area contributed by atoms with Gasteiger partial charge >= 0.3 is 0 Å². The van der Waals surface area contributed by atoms with Gasteiger partial charge in [0, 0.05) is 17.7 Å². The van der Waals surface area contributed by atoms with Gasteiger partial charge < -0.3 is 4.74 Å². The van der Waals surface area contributed by atoms with E-state index in [9.17, 15) is 9.59 Å². The molecule has 0 bridgehead atoms. The first kappa shape index (κ1) is 20.6. The topological polar surface area (TPSA) is 61.2 Å². The Kier molecular flexibility index (Phi) is 6.54. The van der Waals surface area contributed by atoms with Crippen LogP contribution in [0.25, 0.3) is 10.9 Å². The maximum Gasteiger partial charge on any atom is 0.262 e. The number of nitrogens with zero attached hydrogens (tertiary/aromatic N) is 2. The van der Waals surface area contributed by atoms with Crippen molar-refractivity contribution >= 4 is 40.0 Å². The molecule has 2 atom stereocenters. The van der Waals surface area contributed by atoms with E-state index in [0.29, 0.717) is 33.3 Å². The molecule has 7 heteroatoms. The van der Waals surface area contributed by atoms with E-state index < -0.39 is 5.25 Å². The summed E-state index contributed by atoms with van der Waals surface area (Å²) in [4.78, 5) is 30.6. The summed E-state index contributed by atoms with van der Waals surface area (Å²) in [5, 5.41) is 1.12. The predicted molar refractivity (Wildman–Crippen MR) is 114 cm³/mol. The summed E-state index contributed by atoms with van der Waals surface area (Å²) in [5.74, 6) is -0.0687. The Hall–Kier alpha value is -2.15. The number of benzene rings is 2. The second-order valence-electron chi connectivity index (χ2n) is 6.53. The first-order chi connectivity index (χ1) is 13.4. The predicted octanol–water partition coefficient (Wildman–Crippen LogP) is 4.62. The van der Waals surface area contributed by atoms with Crippen molar-refractivity contribution in [2.24, 2.45) is 0 Å². The normalized spacial score (nSPS) is 13.4. The van der Waals surface area contributed by atoms with Gasteiger partial charge in [-0.05, 0) is 38.1 Å². The Balaban J connectivity index is 2.02. The van der Waals surface area contributed by atoms with Gasteiger partial charge in [-0.15, -0.1) is 0 Å². The SMILES string of the molecule is COC[C@@H](C)n1c(S[C@@H](C)C(=O)c2cccc(Cl)c2)nc2ccccc2c1=O. The number of fused-ring (bicyclic) bond motifs is 1. The number of para-hydroxylation sites is 1. The molecule has 0 saturated heterocycles. The number of ketones is 1. The van der Waals surface area contributed by atoms with Gasteiger partial charge in [0.05, 0.1) is 28.8 Å². The summed E-state index contributed by atoms with van der Waals surface area (Å²) in [6, 6.07) is 13.9. The maximum absolute atomic E-state index is 13.1. The zero-order valence-electron chi connectivity index (χ0n) is 15.9. The third-order valence-electron chi connectivity index (χ3n) is 4.38. The molecule has 0 saturated carbocycles. The highest BCUT2D eigenvalue weighted by Gasteiger charge is 2.22. The molecule has 1 aromatic heterocycles. The molecule has 5 nitrogen and oxygen atoms in total. The smallest absolute Gasteiger partial charge is 0.262 e. The van der Waals surface area contributed by atoms with E-state index in [0.717, 1.165) is 0 Å². The quantitative estimate of drug-likeness (QED) is 0.319. The number of halogens is 1. The lowest BCUT2D eigenvalue weighted by Crippen LogP contribution is -2.29. The fourth-order valence-electron chi connectivity index (χ4n) is 3.00. The molecule has 146 valence electrons. The zero-order chi connectivity index (χ0) is 20.3. The van der Waals surface area contributed by atoms with E-state index in [1.165, 1.54) is 11.8 Å². The number of ether oxygens (including phenoxy) is 1. The van der Waals surface area contributed by atoms with Crippen molar-refractivity contribution in [2.75, 3.05) is 13.7 Å². The Morgan fingerprint density at radius 2 is 1.96 bits per heavy atom. The zero-order valence-corrected chi connectivity index (χ0v) is 17.5. The Morgan fingerprint density at radius 3 is 2.68 bits per heavy atom. The third kappa shape index (κ3) is 4.29. The molecular formula is C21H21ClN2O3S. The van der Waals surface area contributed by atoms with Gasteiger partial charge in [-0.1, -0.05) is 47.6 Å². The molecule has 2 aromatic carbocycles. The largest absolute Gasteiger partial charge is 0.383 e.